The maximum Gasteiger partial charge on any atom is 0.422 e. The van der Waals surface area contributed by atoms with Gasteiger partial charge in [0.05, 0.1) is 33.7 Å². The van der Waals surface area contributed by atoms with Gasteiger partial charge in [0.1, 0.15) is 22.8 Å². The van der Waals surface area contributed by atoms with E-state index in [0.717, 1.165) is 16.7 Å². The maximum atomic E-state index is 15.6. The number of alkyl halides is 3. The summed E-state index contributed by atoms with van der Waals surface area (Å²) in [7, 11) is 1.74. The number of allylic oxidation sites excluding steroid dienone is 2. The van der Waals surface area contributed by atoms with Crippen molar-refractivity contribution in [2.75, 3.05) is 38.1 Å². The van der Waals surface area contributed by atoms with Gasteiger partial charge in [-0.25, -0.2) is 13.8 Å². The van der Waals surface area contributed by atoms with E-state index in [-0.39, 0.29) is 60.3 Å². The Hall–Kier alpha value is -4.97. The second kappa shape index (κ2) is 12.8. The summed E-state index contributed by atoms with van der Waals surface area (Å²) in [5.41, 5.74) is -5.64. The largest absolute Gasteiger partial charge is 0.504 e. The number of anilines is 1. The highest BCUT2D eigenvalue weighted by Gasteiger charge is 2.43. The molecule has 4 heterocycles. The summed E-state index contributed by atoms with van der Waals surface area (Å²) in [5.74, 6) is -9.75. The van der Waals surface area contributed by atoms with Crippen LogP contribution in [0.2, 0.25) is 5.02 Å². The number of hydrogen-bond acceptors (Lipinski definition) is 7. The van der Waals surface area contributed by atoms with Crippen molar-refractivity contribution in [1.29, 1.82) is 5.26 Å². The van der Waals surface area contributed by atoms with Crippen molar-refractivity contribution >= 4 is 39.9 Å². The molecule has 16 heteroatoms. The number of fused-ring (bicyclic) bond motifs is 1. The molecule has 0 aliphatic carbocycles. The van der Waals surface area contributed by atoms with Crippen molar-refractivity contribution in [2.24, 2.45) is 5.92 Å². The van der Waals surface area contributed by atoms with Gasteiger partial charge < -0.3 is 19.8 Å². The molecular formula is C33H29ClF6N6O3. The Morgan fingerprint density at radius 3 is 2.35 bits per heavy atom. The lowest BCUT2D eigenvalue weighted by Crippen LogP contribution is -2.49. The molecule has 1 atom stereocenters. The number of carbonyl (C=O) groups excluding carboxylic acids is 1. The van der Waals surface area contributed by atoms with E-state index >= 15 is 4.39 Å². The third-order valence-corrected chi connectivity index (χ3v) is 8.93. The lowest BCUT2D eigenvalue weighted by atomic mass is 9.93. The van der Waals surface area contributed by atoms with Crippen LogP contribution in [0.15, 0.2) is 41.4 Å². The molecule has 3 aromatic rings. The smallest absolute Gasteiger partial charge is 0.422 e. The maximum absolute atomic E-state index is 15.6. The molecule has 5 rings (SSSR count). The molecule has 258 valence electrons. The van der Waals surface area contributed by atoms with Crippen LogP contribution < -0.4 is 10.5 Å². The fraction of sp³-hybridized carbons (Fsp3) is 0.333. The molecule has 2 aliphatic heterocycles. The number of amides is 1. The number of likely N-dealkylation sites (N-methyl/N-ethyl adjacent to an activating group) is 1. The topological polar surface area (TPSA) is 106 Å². The van der Waals surface area contributed by atoms with Crippen LogP contribution in [0, 0.1) is 34.7 Å². The van der Waals surface area contributed by atoms with Crippen molar-refractivity contribution in [3.63, 3.8) is 0 Å². The van der Waals surface area contributed by atoms with Crippen LogP contribution in [0.5, 0.6) is 5.75 Å². The van der Waals surface area contributed by atoms with E-state index in [4.69, 9.17) is 11.6 Å². The quantitative estimate of drug-likeness (QED) is 0.189. The van der Waals surface area contributed by atoms with Gasteiger partial charge in [0.15, 0.2) is 17.4 Å². The third kappa shape index (κ3) is 5.77. The zero-order valence-electron chi connectivity index (χ0n) is 26.6. The number of phenols is 1. The predicted octanol–water partition coefficient (Wildman–Crippen LogP) is 6.28. The van der Waals surface area contributed by atoms with Crippen molar-refractivity contribution in [3.8, 4) is 23.1 Å². The Balaban J connectivity index is 1.94. The molecule has 1 amide bonds. The number of pyridine rings is 2. The highest BCUT2D eigenvalue weighted by Crippen LogP contribution is 2.46. The van der Waals surface area contributed by atoms with Crippen LogP contribution in [0.1, 0.15) is 31.9 Å². The number of piperazine rings is 1. The zero-order chi connectivity index (χ0) is 36.3. The van der Waals surface area contributed by atoms with Gasteiger partial charge in [-0.3, -0.25) is 14.2 Å². The monoisotopic (exact) mass is 706 g/mol. The summed E-state index contributed by atoms with van der Waals surface area (Å²) in [5, 5.41) is 20.3. The fourth-order valence-electron chi connectivity index (χ4n) is 6.42. The normalized spacial score (nSPS) is 17.0. The van der Waals surface area contributed by atoms with Crippen LogP contribution in [-0.2, 0) is 11.0 Å². The Bertz CT molecular complexity index is 2080. The van der Waals surface area contributed by atoms with E-state index in [1.54, 1.807) is 36.0 Å². The number of hydrogen-bond donors (Lipinski definition) is 1. The van der Waals surface area contributed by atoms with Gasteiger partial charge in [-0.1, -0.05) is 32.0 Å². The highest BCUT2D eigenvalue weighted by atomic mass is 35.5. The number of aromatic nitrogens is 2. The number of rotatable bonds is 5. The zero-order valence-corrected chi connectivity index (χ0v) is 27.3. The molecule has 0 bridgehead atoms. The van der Waals surface area contributed by atoms with Crippen molar-refractivity contribution in [3.05, 3.63) is 80.5 Å². The summed E-state index contributed by atoms with van der Waals surface area (Å²) in [6, 6.07) is 2.55. The van der Waals surface area contributed by atoms with E-state index < -0.39 is 62.8 Å². The average Bonchev–Trinajstić information content (AvgIpc) is 3.04. The molecule has 1 N–H and O–H groups in total. The van der Waals surface area contributed by atoms with Crippen molar-refractivity contribution < 1.29 is 36.2 Å². The first-order valence-corrected chi connectivity index (χ1v) is 15.3. The van der Waals surface area contributed by atoms with Gasteiger partial charge in [0.25, 0.3) is 5.56 Å². The lowest BCUT2D eigenvalue weighted by molar-refractivity contribution is -0.142. The van der Waals surface area contributed by atoms with Gasteiger partial charge >= 0.3 is 6.18 Å². The average molecular weight is 707 g/mol. The van der Waals surface area contributed by atoms with Gasteiger partial charge in [-0.2, -0.15) is 22.8 Å². The van der Waals surface area contributed by atoms with E-state index in [0.29, 0.717) is 11.3 Å². The first-order valence-electron chi connectivity index (χ1n) is 14.9. The third-order valence-electron chi connectivity index (χ3n) is 8.64. The molecule has 49 heavy (non-hydrogen) atoms. The molecule has 1 saturated heterocycles. The first-order chi connectivity index (χ1) is 23.0. The molecule has 0 spiro atoms. The SMILES string of the molecule is C=CC(=O)N1CCN(c2c(C#N)c(=O)n(C3=C(C)C=CN(C)C3C(C)C)c3nc(-c4c(O)c(F)c(F)c(C(F)(F)F)c4F)c(Cl)cc23)CC1. The molecule has 1 unspecified atom stereocenters. The van der Waals surface area contributed by atoms with Crippen molar-refractivity contribution in [1.82, 2.24) is 19.4 Å². The molecular weight excluding hydrogens is 678 g/mol. The van der Waals surface area contributed by atoms with E-state index in [1.165, 1.54) is 4.90 Å². The number of benzene rings is 1. The van der Waals surface area contributed by atoms with Crippen molar-refractivity contribution in [2.45, 2.75) is 33.0 Å². The Morgan fingerprint density at radius 1 is 1.16 bits per heavy atom. The minimum atomic E-state index is -5.72. The number of nitrogens with zero attached hydrogens (tertiary/aromatic N) is 6. The molecule has 1 fully saturated rings. The minimum Gasteiger partial charge on any atom is -0.504 e. The number of carbonyl (C=O) groups is 1. The summed E-state index contributed by atoms with van der Waals surface area (Å²) in [4.78, 5) is 36.0. The number of nitriles is 1. The number of aromatic hydroxyl groups is 1. The molecule has 9 nitrogen and oxygen atoms in total. The second-order valence-corrected chi connectivity index (χ2v) is 12.4. The summed E-state index contributed by atoms with van der Waals surface area (Å²) < 4.78 is 87.1. The summed E-state index contributed by atoms with van der Waals surface area (Å²) >= 11 is 6.52. The van der Waals surface area contributed by atoms with Crippen LogP contribution in [-0.4, -0.2) is 69.6 Å². The van der Waals surface area contributed by atoms with E-state index in [1.807, 2.05) is 19.9 Å². The Kier molecular flexibility index (Phi) is 9.24. The molecule has 0 saturated carbocycles. The van der Waals surface area contributed by atoms with Crippen LogP contribution >= 0.6 is 11.6 Å². The lowest BCUT2D eigenvalue weighted by Gasteiger charge is -2.38. The highest BCUT2D eigenvalue weighted by molar-refractivity contribution is 6.34. The van der Waals surface area contributed by atoms with Crippen LogP contribution in [0.3, 0.4) is 0 Å². The predicted molar refractivity (Wildman–Crippen MR) is 171 cm³/mol. The number of phenolic OH excluding ortho intramolecular Hbond substituents is 1. The standard InChI is InChI=1S/C33H29ClF6N6O3/c1-6-20(47)44-9-11-45(12-10-44)29-17-13-19(34)26(21-23(35)22(33(38,39)40)24(36)25(37)30(21)48)42-31(17)46(32(49)18(29)14-41)28-16(4)7-8-43(5)27(28)15(2)3/h6-8,13,15,27,48H,1,9-12H2,2-5H3. The number of halogens is 7. The van der Waals surface area contributed by atoms with Gasteiger partial charge in [0, 0.05) is 38.6 Å². The Labute approximate surface area is 281 Å². The second-order valence-electron chi connectivity index (χ2n) is 12.0. The van der Waals surface area contributed by atoms with Gasteiger partial charge in [0.2, 0.25) is 11.7 Å². The minimum absolute atomic E-state index is 0.0342. The summed E-state index contributed by atoms with van der Waals surface area (Å²) in [6.45, 7) is 9.50. The first kappa shape index (κ1) is 35.3. The van der Waals surface area contributed by atoms with Crippen LogP contribution in [0.4, 0.5) is 32.0 Å². The van der Waals surface area contributed by atoms with E-state index in [2.05, 4.69) is 11.6 Å². The summed E-state index contributed by atoms with van der Waals surface area (Å²) in [6.07, 6.45) is -1.12. The van der Waals surface area contributed by atoms with Gasteiger partial charge in [-0.15, -0.1) is 0 Å². The van der Waals surface area contributed by atoms with E-state index in [9.17, 15) is 41.9 Å². The van der Waals surface area contributed by atoms with Crippen LogP contribution in [0.25, 0.3) is 28.0 Å². The van der Waals surface area contributed by atoms with Gasteiger partial charge in [-0.05, 0) is 42.8 Å². The fourth-order valence-corrected chi connectivity index (χ4v) is 6.66. The molecule has 2 aliphatic rings. The molecule has 2 aromatic heterocycles. The molecule has 1 aromatic carbocycles. The Morgan fingerprint density at radius 2 is 1.80 bits per heavy atom. The molecule has 0 radical (unpaired) electrons.